The standard InChI is InChI=1S/C30H34N4O2S/c1-6-23-12-10-11-21(4)28(23)31-27(35)19-37-30-33-32-29(34(30)25-13-8-7-9-14-25)22(5)36-26-17-15-24(16-18-26)20(2)3/h7-18,20,22H,6,19H2,1-5H3,(H,31,35). The van der Waals surface area contributed by atoms with Gasteiger partial charge in [0.25, 0.3) is 0 Å². The van der Waals surface area contributed by atoms with Gasteiger partial charge in [0, 0.05) is 11.4 Å². The van der Waals surface area contributed by atoms with Crippen LogP contribution in [0.2, 0.25) is 0 Å². The lowest BCUT2D eigenvalue weighted by Gasteiger charge is -2.17. The summed E-state index contributed by atoms with van der Waals surface area (Å²) in [5.74, 6) is 2.05. The second kappa shape index (κ2) is 12.1. The van der Waals surface area contributed by atoms with Crippen LogP contribution in [0.1, 0.15) is 62.2 Å². The molecule has 0 fully saturated rings. The Morgan fingerprint density at radius 2 is 1.70 bits per heavy atom. The molecule has 37 heavy (non-hydrogen) atoms. The second-order valence-corrected chi connectivity index (χ2v) is 10.2. The van der Waals surface area contributed by atoms with Crippen LogP contribution >= 0.6 is 11.8 Å². The van der Waals surface area contributed by atoms with Gasteiger partial charge in [0.1, 0.15) is 5.75 Å². The van der Waals surface area contributed by atoms with Crippen molar-refractivity contribution < 1.29 is 9.53 Å². The van der Waals surface area contributed by atoms with E-state index in [9.17, 15) is 4.79 Å². The molecule has 0 aliphatic carbocycles. The number of benzene rings is 3. The lowest BCUT2D eigenvalue weighted by Crippen LogP contribution is -2.17. The number of thioether (sulfide) groups is 1. The van der Waals surface area contributed by atoms with Crippen LogP contribution in [0.3, 0.4) is 0 Å². The molecule has 1 amide bonds. The van der Waals surface area contributed by atoms with Crippen LogP contribution in [0.4, 0.5) is 5.69 Å². The van der Waals surface area contributed by atoms with Gasteiger partial charge in [-0.15, -0.1) is 10.2 Å². The number of nitrogens with zero attached hydrogens (tertiary/aromatic N) is 3. The SMILES string of the molecule is CCc1cccc(C)c1NC(=O)CSc1nnc(C(C)Oc2ccc(C(C)C)cc2)n1-c1ccccc1. The molecule has 0 spiro atoms. The number of amides is 1. The molecule has 0 aliphatic heterocycles. The molecule has 1 N–H and O–H groups in total. The Morgan fingerprint density at radius 1 is 0.973 bits per heavy atom. The molecular formula is C30H34N4O2S. The predicted molar refractivity (Wildman–Crippen MR) is 151 cm³/mol. The summed E-state index contributed by atoms with van der Waals surface area (Å²) in [4.78, 5) is 12.9. The average molecular weight is 515 g/mol. The summed E-state index contributed by atoms with van der Waals surface area (Å²) in [6.45, 7) is 10.4. The fourth-order valence-corrected chi connectivity index (χ4v) is 4.91. The second-order valence-electron chi connectivity index (χ2n) is 9.29. The molecule has 1 aromatic heterocycles. The maximum Gasteiger partial charge on any atom is 0.234 e. The summed E-state index contributed by atoms with van der Waals surface area (Å²) in [7, 11) is 0. The smallest absolute Gasteiger partial charge is 0.234 e. The summed E-state index contributed by atoms with van der Waals surface area (Å²) in [6, 6.07) is 24.2. The summed E-state index contributed by atoms with van der Waals surface area (Å²) < 4.78 is 8.21. The number of hydrogen-bond donors (Lipinski definition) is 1. The molecule has 3 aromatic carbocycles. The summed E-state index contributed by atoms with van der Waals surface area (Å²) in [6.07, 6.45) is 0.508. The molecule has 0 aliphatic rings. The molecule has 1 atom stereocenters. The third-order valence-corrected chi connectivity index (χ3v) is 7.16. The largest absolute Gasteiger partial charge is 0.483 e. The van der Waals surface area contributed by atoms with Crippen LogP contribution in [-0.4, -0.2) is 26.4 Å². The first-order valence-corrected chi connectivity index (χ1v) is 13.6. The minimum atomic E-state index is -0.347. The lowest BCUT2D eigenvalue weighted by molar-refractivity contribution is -0.113. The van der Waals surface area contributed by atoms with Crippen LogP contribution in [-0.2, 0) is 11.2 Å². The number of ether oxygens (including phenoxy) is 1. The first-order valence-electron chi connectivity index (χ1n) is 12.7. The number of hydrogen-bond acceptors (Lipinski definition) is 5. The van der Waals surface area contributed by atoms with Crippen molar-refractivity contribution in [2.24, 2.45) is 0 Å². The maximum atomic E-state index is 12.9. The molecule has 0 saturated heterocycles. The quantitative estimate of drug-likeness (QED) is 0.228. The molecule has 0 radical (unpaired) electrons. The van der Waals surface area contributed by atoms with E-state index in [1.54, 1.807) is 0 Å². The van der Waals surface area contributed by atoms with Gasteiger partial charge in [-0.05, 0) is 67.1 Å². The predicted octanol–water partition coefficient (Wildman–Crippen LogP) is 7.13. The van der Waals surface area contributed by atoms with E-state index in [4.69, 9.17) is 4.74 Å². The van der Waals surface area contributed by atoms with E-state index in [1.165, 1.54) is 17.3 Å². The minimum absolute atomic E-state index is 0.0762. The van der Waals surface area contributed by atoms with Crippen LogP contribution < -0.4 is 10.1 Å². The highest BCUT2D eigenvalue weighted by Gasteiger charge is 2.22. The van der Waals surface area contributed by atoms with E-state index < -0.39 is 0 Å². The first-order chi connectivity index (χ1) is 17.9. The monoisotopic (exact) mass is 514 g/mol. The summed E-state index contributed by atoms with van der Waals surface area (Å²) in [5, 5.41) is 12.6. The number of rotatable bonds is 10. The molecule has 1 heterocycles. The number of carbonyl (C=O) groups is 1. The highest BCUT2D eigenvalue weighted by atomic mass is 32.2. The summed E-state index contributed by atoms with van der Waals surface area (Å²) in [5.41, 5.74) is 5.26. The number of carbonyl (C=O) groups excluding carboxylic acids is 1. The van der Waals surface area contributed by atoms with Crippen LogP contribution in [0.15, 0.2) is 78.0 Å². The number of anilines is 1. The zero-order valence-corrected chi connectivity index (χ0v) is 22.9. The molecule has 0 bridgehead atoms. The van der Waals surface area contributed by atoms with Gasteiger partial charge in [-0.2, -0.15) is 0 Å². The molecule has 7 heteroatoms. The van der Waals surface area contributed by atoms with E-state index in [2.05, 4.69) is 48.4 Å². The van der Waals surface area contributed by atoms with Crippen molar-refractivity contribution in [3.63, 3.8) is 0 Å². The van der Waals surface area contributed by atoms with Crippen molar-refractivity contribution in [1.29, 1.82) is 0 Å². The Hall–Kier alpha value is -3.58. The number of aryl methyl sites for hydroxylation is 2. The highest BCUT2D eigenvalue weighted by molar-refractivity contribution is 7.99. The third-order valence-electron chi connectivity index (χ3n) is 6.23. The van der Waals surface area contributed by atoms with E-state index >= 15 is 0 Å². The fourth-order valence-electron chi connectivity index (χ4n) is 4.15. The molecule has 4 rings (SSSR count). The van der Waals surface area contributed by atoms with Gasteiger partial charge in [-0.25, -0.2) is 0 Å². The Bertz CT molecular complexity index is 1330. The average Bonchev–Trinajstić information content (AvgIpc) is 3.33. The highest BCUT2D eigenvalue weighted by Crippen LogP contribution is 2.29. The van der Waals surface area contributed by atoms with Gasteiger partial charge in [0.05, 0.1) is 5.75 Å². The Kier molecular flexibility index (Phi) is 8.66. The van der Waals surface area contributed by atoms with Crippen LogP contribution in [0, 0.1) is 6.92 Å². The van der Waals surface area contributed by atoms with Gasteiger partial charge in [0.15, 0.2) is 17.1 Å². The molecule has 1 unspecified atom stereocenters. The fraction of sp³-hybridized carbons (Fsp3) is 0.300. The molecular weight excluding hydrogens is 480 g/mol. The Labute approximate surface area is 223 Å². The van der Waals surface area contributed by atoms with Gasteiger partial charge in [-0.3, -0.25) is 9.36 Å². The number of para-hydroxylation sites is 2. The van der Waals surface area contributed by atoms with Crippen molar-refractivity contribution in [2.75, 3.05) is 11.1 Å². The lowest BCUT2D eigenvalue weighted by atomic mass is 10.0. The van der Waals surface area contributed by atoms with Crippen molar-refractivity contribution in [3.8, 4) is 11.4 Å². The van der Waals surface area contributed by atoms with Crippen LogP contribution in [0.25, 0.3) is 5.69 Å². The maximum absolute atomic E-state index is 12.9. The molecule has 0 saturated carbocycles. The van der Waals surface area contributed by atoms with E-state index in [0.717, 1.165) is 34.7 Å². The van der Waals surface area contributed by atoms with E-state index in [-0.39, 0.29) is 17.8 Å². The third kappa shape index (κ3) is 6.41. The Morgan fingerprint density at radius 3 is 2.38 bits per heavy atom. The van der Waals surface area contributed by atoms with Crippen molar-refractivity contribution in [1.82, 2.24) is 14.8 Å². The van der Waals surface area contributed by atoms with Crippen LogP contribution in [0.5, 0.6) is 5.75 Å². The van der Waals surface area contributed by atoms with Crippen molar-refractivity contribution in [3.05, 3.63) is 95.3 Å². The normalized spacial score (nSPS) is 11.9. The Balaban J connectivity index is 1.53. The first kappa shape index (κ1) is 26.5. The van der Waals surface area contributed by atoms with Gasteiger partial charge < -0.3 is 10.1 Å². The summed E-state index contributed by atoms with van der Waals surface area (Å²) >= 11 is 1.36. The van der Waals surface area contributed by atoms with Crippen molar-refractivity contribution in [2.45, 2.75) is 58.2 Å². The zero-order valence-electron chi connectivity index (χ0n) is 22.1. The van der Waals surface area contributed by atoms with Gasteiger partial charge >= 0.3 is 0 Å². The topological polar surface area (TPSA) is 69.0 Å². The minimum Gasteiger partial charge on any atom is -0.483 e. The van der Waals surface area contributed by atoms with E-state index in [0.29, 0.717) is 16.9 Å². The molecule has 4 aromatic rings. The van der Waals surface area contributed by atoms with E-state index in [1.807, 2.05) is 79.1 Å². The molecule has 192 valence electrons. The van der Waals surface area contributed by atoms with Gasteiger partial charge in [0.2, 0.25) is 5.91 Å². The zero-order chi connectivity index (χ0) is 26.4. The molecule has 6 nitrogen and oxygen atoms in total. The number of nitrogens with one attached hydrogen (secondary N) is 1. The van der Waals surface area contributed by atoms with Crippen molar-refractivity contribution >= 4 is 23.4 Å². The van der Waals surface area contributed by atoms with Gasteiger partial charge in [-0.1, -0.05) is 81.1 Å². The number of aromatic nitrogens is 3.